The molecule has 3 nitrogen and oxygen atoms in total. The SMILES string of the molecule is O=C1C2CC=CCC2C(=O)N1c1ccc(I)cc1. The topological polar surface area (TPSA) is 37.4 Å². The predicted molar refractivity (Wildman–Crippen MR) is 77.0 cm³/mol. The number of hydrogen-bond donors (Lipinski definition) is 0. The van der Waals surface area contributed by atoms with Gasteiger partial charge in [-0.05, 0) is 59.7 Å². The van der Waals surface area contributed by atoms with E-state index in [1.807, 2.05) is 36.4 Å². The van der Waals surface area contributed by atoms with Gasteiger partial charge in [-0.3, -0.25) is 14.5 Å². The second-order valence-electron chi connectivity index (χ2n) is 4.64. The number of carbonyl (C=O) groups excluding carboxylic acids is 2. The second kappa shape index (κ2) is 4.50. The molecule has 1 aromatic carbocycles. The lowest BCUT2D eigenvalue weighted by Crippen LogP contribution is -2.30. The number of anilines is 1. The molecule has 2 atom stereocenters. The van der Waals surface area contributed by atoms with Crippen molar-refractivity contribution in [1.82, 2.24) is 0 Å². The molecule has 4 heteroatoms. The van der Waals surface area contributed by atoms with Crippen LogP contribution in [0.25, 0.3) is 0 Å². The zero-order valence-electron chi connectivity index (χ0n) is 9.67. The molecule has 2 aliphatic rings. The standard InChI is InChI=1S/C14H12INO2/c15-9-5-7-10(8-6-9)16-13(17)11-3-1-2-4-12(11)14(16)18/h1-2,5-8,11-12H,3-4H2. The third kappa shape index (κ3) is 1.79. The number of fused-ring (bicyclic) bond motifs is 1. The summed E-state index contributed by atoms with van der Waals surface area (Å²) in [7, 11) is 0. The summed E-state index contributed by atoms with van der Waals surface area (Å²) in [6.45, 7) is 0. The number of nitrogens with zero attached hydrogens (tertiary/aromatic N) is 1. The average Bonchev–Trinajstić information content (AvgIpc) is 2.64. The molecule has 0 N–H and O–H groups in total. The Kier molecular flexibility index (Phi) is 2.97. The number of amides is 2. The molecule has 1 aliphatic heterocycles. The largest absolute Gasteiger partial charge is 0.274 e. The smallest absolute Gasteiger partial charge is 0.238 e. The molecule has 0 bridgehead atoms. The van der Waals surface area contributed by atoms with Crippen LogP contribution in [0.1, 0.15) is 12.8 Å². The van der Waals surface area contributed by atoms with E-state index in [4.69, 9.17) is 0 Å². The first kappa shape index (κ1) is 11.9. The fourth-order valence-corrected chi connectivity index (χ4v) is 3.00. The maximum Gasteiger partial charge on any atom is 0.238 e. The molecule has 0 aromatic heterocycles. The van der Waals surface area contributed by atoms with Crippen LogP contribution in [0.5, 0.6) is 0 Å². The van der Waals surface area contributed by atoms with E-state index >= 15 is 0 Å². The predicted octanol–water partition coefficient (Wildman–Crippen LogP) is 2.75. The maximum atomic E-state index is 12.3. The zero-order chi connectivity index (χ0) is 12.7. The number of imide groups is 1. The monoisotopic (exact) mass is 353 g/mol. The minimum Gasteiger partial charge on any atom is -0.274 e. The highest BCUT2D eigenvalue weighted by Gasteiger charge is 2.47. The molecule has 1 fully saturated rings. The van der Waals surface area contributed by atoms with Crippen LogP contribution in [-0.4, -0.2) is 11.8 Å². The Labute approximate surface area is 119 Å². The van der Waals surface area contributed by atoms with Crippen molar-refractivity contribution < 1.29 is 9.59 Å². The van der Waals surface area contributed by atoms with E-state index in [-0.39, 0.29) is 23.7 Å². The Hall–Kier alpha value is -1.17. The summed E-state index contributed by atoms with van der Waals surface area (Å²) in [5.74, 6) is -0.394. The highest BCUT2D eigenvalue weighted by molar-refractivity contribution is 14.1. The lowest BCUT2D eigenvalue weighted by atomic mass is 9.85. The molecule has 92 valence electrons. The summed E-state index contributed by atoms with van der Waals surface area (Å²) >= 11 is 2.20. The summed E-state index contributed by atoms with van der Waals surface area (Å²) in [6.07, 6.45) is 5.39. The van der Waals surface area contributed by atoms with Crippen molar-refractivity contribution in [2.45, 2.75) is 12.8 Å². The molecule has 0 spiro atoms. The van der Waals surface area contributed by atoms with Crippen LogP contribution >= 0.6 is 22.6 Å². The van der Waals surface area contributed by atoms with Gasteiger partial charge in [-0.15, -0.1) is 0 Å². The molecule has 1 aromatic rings. The van der Waals surface area contributed by atoms with Crippen LogP contribution in [-0.2, 0) is 9.59 Å². The highest BCUT2D eigenvalue weighted by atomic mass is 127. The summed E-state index contributed by atoms with van der Waals surface area (Å²) in [4.78, 5) is 26.0. The maximum absolute atomic E-state index is 12.3. The Bertz CT molecular complexity index is 509. The molecule has 0 radical (unpaired) electrons. The van der Waals surface area contributed by atoms with Gasteiger partial charge in [-0.25, -0.2) is 0 Å². The summed E-state index contributed by atoms with van der Waals surface area (Å²) in [5.41, 5.74) is 0.694. The summed E-state index contributed by atoms with van der Waals surface area (Å²) in [6, 6.07) is 7.50. The molecule has 0 saturated carbocycles. The van der Waals surface area contributed by atoms with Crippen molar-refractivity contribution in [3.05, 3.63) is 40.0 Å². The lowest BCUT2D eigenvalue weighted by molar-refractivity contribution is -0.122. The lowest BCUT2D eigenvalue weighted by Gasteiger charge is -2.14. The van der Waals surface area contributed by atoms with Gasteiger partial charge in [0.15, 0.2) is 0 Å². The summed E-state index contributed by atoms with van der Waals surface area (Å²) in [5, 5.41) is 0. The van der Waals surface area contributed by atoms with Gasteiger partial charge in [0.1, 0.15) is 0 Å². The molecule has 3 rings (SSSR count). The molecule has 2 unspecified atom stereocenters. The number of carbonyl (C=O) groups is 2. The molecule has 1 heterocycles. The number of allylic oxidation sites excluding steroid dienone is 2. The first-order valence-corrected chi connectivity index (χ1v) is 7.05. The number of rotatable bonds is 1. The molecule has 18 heavy (non-hydrogen) atoms. The van der Waals surface area contributed by atoms with Gasteiger partial charge in [-0.1, -0.05) is 12.2 Å². The Balaban J connectivity index is 1.96. The van der Waals surface area contributed by atoms with Gasteiger partial charge in [0.05, 0.1) is 17.5 Å². The van der Waals surface area contributed by atoms with Gasteiger partial charge in [-0.2, -0.15) is 0 Å². The zero-order valence-corrected chi connectivity index (χ0v) is 11.8. The van der Waals surface area contributed by atoms with Crippen molar-refractivity contribution in [2.75, 3.05) is 4.90 Å². The van der Waals surface area contributed by atoms with Gasteiger partial charge in [0.2, 0.25) is 11.8 Å². The first-order valence-electron chi connectivity index (χ1n) is 5.97. The van der Waals surface area contributed by atoms with E-state index in [2.05, 4.69) is 22.6 Å². The van der Waals surface area contributed by atoms with Crippen molar-refractivity contribution in [3.8, 4) is 0 Å². The average molecular weight is 353 g/mol. The van der Waals surface area contributed by atoms with E-state index in [1.165, 1.54) is 4.90 Å². The second-order valence-corrected chi connectivity index (χ2v) is 5.89. The van der Waals surface area contributed by atoms with E-state index in [0.29, 0.717) is 18.5 Å². The van der Waals surface area contributed by atoms with E-state index in [1.54, 1.807) is 0 Å². The third-order valence-electron chi connectivity index (χ3n) is 3.59. The fraction of sp³-hybridized carbons (Fsp3) is 0.286. The minimum atomic E-state index is -0.151. The first-order chi connectivity index (χ1) is 8.68. The van der Waals surface area contributed by atoms with Crippen LogP contribution in [0.2, 0.25) is 0 Å². The van der Waals surface area contributed by atoms with E-state index < -0.39 is 0 Å². The number of halogens is 1. The van der Waals surface area contributed by atoms with Gasteiger partial charge >= 0.3 is 0 Å². The van der Waals surface area contributed by atoms with Crippen molar-refractivity contribution in [3.63, 3.8) is 0 Å². The van der Waals surface area contributed by atoms with E-state index in [9.17, 15) is 9.59 Å². The normalized spacial score (nSPS) is 26.6. The quantitative estimate of drug-likeness (QED) is 0.442. The van der Waals surface area contributed by atoms with Crippen molar-refractivity contribution in [1.29, 1.82) is 0 Å². The Morgan fingerprint density at radius 1 is 0.944 bits per heavy atom. The Morgan fingerprint density at radius 2 is 1.44 bits per heavy atom. The van der Waals surface area contributed by atoms with Crippen LogP contribution in [0.3, 0.4) is 0 Å². The van der Waals surface area contributed by atoms with Crippen LogP contribution in [0, 0.1) is 15.4 Å². The Morgan fingerprint density at radius 3 is 1.94 bits per heavy atom. The number of benzene rings is 1. The van der Waals surface area contributed by atoms with Gasteiger partial charge < -0.3 is 0 Å². The third-order valence-corrected chi connectivity index (χ3v) is 4.31. The van der Waals surface area contributed by atoms with E-state index in [0.717, 1.165) is 3.57 Å². The fourth-order valence-electron chi connectivity index (χ4n) is 2.64. The van der Waals surface area contributed by atoms with Crippen molar-refractivity contribution in [2.24, 2.45) is 11.8 Å². The van der Waals surface area contributed by atoms with Crippen LogP contribution < -0.4 is 4.90 Å². The molecule has 2 amide bonds. The number of hydrogen-bond acceptors (Lipinski definition) is 2. The minimum absolute atomic E-state index is 0.0458. The summed E-state index contributed by atoms with van der Waals surface area (Å²) < 4.78 is 1.09. The van der Waals surface area contributed by atoms with Crippen LogP contribution in [0.4, 0.5) is 5.69 Å². The molecular weight excluding hydrogens is 341 g/mol. The van der Waals surface area contributed by atoms with Crippen LogP contribution in [0.15, 0.2) is 36.4 Å². The highest BCUT2D eigenvalue weighted by Crippen LogP contribution is 2.37. The van der Waals surface area contributed by atoms with Crippen molar-refractivity contribution >= 4 is 40.1 Å². The molecule has 1 saturated heterocycles. The van der Waals surface area contributed by atoms with Gasteiger partial charge in [0.25, 0.3) is 0 Å². The van der Waals surface area contributed by atoms with Gasteiger partial charge in [0, 0.05) is 3.57 Å². The molecular formula is C14H12INO2. The molecule has 1 aliphatic carbocycles.